The predicted octanol–water partition coefficient (Wildman–Crippen LogP) is 1.000. The van der Waals surface area contributed by atoms with Gasteiger partial charge in [-0.3, -0.25) is 4.79 Å². The molecule has 3 nitrogen and oxygen atoms in total. The SMILES string of the molecule is CC(=O)SC1=NOCC1. The van der Waals surface area contributed by atoms with Crippen molar-refractivity contribution in [1.29, 1.82) is 0 Å². The van der Waals surface area contributed by atoms with E-state index in [2.05, 4.69) is 9.99 Å². The van der Waals surface area contributed by atoms with Crippen molar-refractivity contribution in [3.05, 3.63) is 0 Å². The molecular formula is C5H7NO2S. The number of oxime groups is 1. The van der Waals surface area contributed by atoms with E-state index in [9.17, 15) is 4.79 Å². The summed E-state index contributed by atoms with van der Waals surface area (Å²) in [6.45, 7) is 2.14. The minimum atomic E-state index is 0.0688. The molecule has 0 aliphatic carbocycles. The minimum absolute atomic E-state index is 0.0688. The minimum Gasteiger partial charge on any atom is -0.395 e. The van der Waals surface area contributed by atoms with Crippen LogP contribution < -0.4 is 0 Å². The van der Waals surface area contributed by atoms with Crippen molar-refractivity contribution in [3.63, 3.8) is 0 Å². The van der Waals surface area contributed by atoms with E-state index in [0.29, 0.717) is 6.61 Å². The number of hydrogen-bond acceptors (Lipinski definition) is 4. The fourth-order valence-corrected chi connectivity index (χ4v) is 1.14. The van der Waals surface area contributed by atoms with Gasteiger partial charge in [-0.1, -0.05) is 5.16 Å². The van der Waals surface area contributed by atoms with Gasteiger partial charge in [0.05, 0.1) is 0 Å². The van der Waals surface area contributed by atoms with Gasteiger partial charge in [0.2, 0.25) is 0 Å². The zero-order valence-corrected chi connectivity index (χ0v) is 5.90. The molecule has 0 atom stereocenters. The summed E-state index contributed by atoms with van der Waals surface area (Å²) in [7, 11) is 0. The number of rotatable bonds is 0. The van der Waals surface area contributed by atoms with Gasteiger partial charge in [0.25, 0.3) is 0 Å². The summed E-state index contributed by atoms with van der Waals surface area (Å²) < 4.78 is 0. The first-order valence-corrected chi connectivity index (χ1v) is 3.48. The van der Waals surface area contributed by atoms with Crippen molar-refractivity contribution in [2.75, 3.05) is 6.61 Å². The molecule has 0 spiro atoms. The summed E-state index contributed by atoms with van der Waals surface area (Å²) in [4.78, 5) is 15.1. The summed E-state index contributed by atoms with van der Waals surface area (Å²) in [5.41, 5.74) is 0. The van der Waals surface area contributed by atoms with E-state index >= 15 is 0 Å². The van der Waals surface area contributed by atoms with Crippen LogP contribution in [0.3, 0.4) is 0 Å². The highest BCUT2D eigenvalue weighted by Crippen LogP contribution is 2.13. The molecule has 9 heavy (non-hydrogen) atoms. The smallest absolute Gasteiger partial charge is 0.191 e. The molecule has 0 aromatic carbocycles. The van der Waals surface area contributed by atoms with Gasteiger partial charge in [-0.05, 0) is 11.8 Å². The highest BCUT2D eigenvalue weighted by Gasteiger charge is 2.09. The third kappa shape index (κ3) is 2.05. The first-order chi connectivity index (χ1) is 4.29. The Bertz CT molecular complexity index is 155. The van der Waals surface area contributed by atoms with E-state index < -0.39 is 0 Å². The Morgan fingerprint density at radius 2 is 2.67 bits per heavy atom. The Hall–Kier alpha value is -0.510. The van der Waals surface area contributed by atoms with E-state index in [1.165, 1.54) is 6.92 Å². The van der Waals surface area contributed by atoms with E-state index in [-0.39, 0.29) is 5.12 Å². The lowest BCUT2D eigenvalue weighted by Crippen LogP contribution is -1.91. The second-order valence-corrected chi connectivity index (χ2v) is 2.91. The standard InChI is InChI=1S/C5H7NO2S/c1-4(7)9-5-2-3-8-6-5/h2-3H2,1H3. The molecule has 0 aromatic rings. The quantitative estimate of drug-likeness (QED) is 0.510. The first-order valence-electron chi connectivity index (χ1n) is 2.66. The second kappa shape index (κ2) is 2.87. The van der Waals surface area contributed by atoms with Gasteiger partial charge in [-0.15, -0.1) is 0 Å². The molecule has 50 valence electrons. The van der Waals surface area contributed by atoms with E-state index in [4.69, 9.17) is 0 Å². The van der Waals surface area contributed by atoms with Crippen LogP contribution in [0.4, 0.5) is 0 Å². The maximum absolute atomic E-state index is 10.4. The number of carbonyl (C=O) groups is 1. The Balaban J connectivity index is 2.35. The zero-order valence-electron chi connectivity index (χ0n) is 5.09. The number of nitrogens with zero attached hydrogens (tertiary/aromatic N) is 1. The molecule has 0 fully saturated rings. The number of hydrogen-bond donors (Lipinski definition) is 0. The van der Waals surface area contributed by atoms with Crippen molar-refractivity contribution in [2.24, 2.45) is 5.16 Å². The third-order valence-electron chi connectivity index (χ3n) is 0.835. The summed E-state index contributed by atoms with van der Waals surface area (Å²) in [5, 5.41) is 4.50. The van der Waals surface area contributed by atoms with Crippen molar-refractivity contribution >= 4 is 21.9 Å². The van der Waals surface area contributed by atoms with Gasteiger partial charge in [0, 0.05) is 13.3 Å². The largest absolute Gasteiger partial charge is 0.395 e. The average Bonchev–Trinajstić information content (AvgIpc) is 2.15. The molecule has 0 aromatic heterocycles. The van der Waals surface area contributed by atoms with Crippen LogP contribution in [0.1, 0.15) is 13.3 Å². The Morgan fingerprint density at radius 1 is 1.89 bits per heavy atom. The second-order valence-electron chi connectivity index (χ2n) is 1.66. The molecule has 1 aliphatic rings. The zero-order chi connectivity index (χ0) is 6.69. The van der Waals surface area contributed by atoms with Gasteiger partial charge in [0.1, 0.15) is 11.7 Å². The Morgan fingerprint density at radius 3 is 3.11 bits per heavy atom. The van der Waals surface area contributed by atoms with Crippen LogP contribution in [0.15, 0.2) is 5.16 Å². The van der Waals surface area contributed by atoms with E-state index in [1.807, 2.05) is 0 Å². The lowest BCUT2D eigenvalue weighted by atomic mass is 10.5. The first kappa shape index (κ1) is 6.61. The molecular weight excluding hydrogens is 138 g/mol. The maximum atomic E-state index is 10.4. The lowest BCUT2D eigenvalue weighted by molar-refractivity contribution is -0.109. The van der Waals surface area contributed by atoms with E-state index in [0.717, 1.165) is 23.2 Å². The molecule has 0 amide bonds. The van der Waals surface area contributed by atoms with Crippen LogP contribution in [0.25, 0.3) is 0 Å². The lowest BCUT2D eigenvalue weighted by Gasteiger charge is -1.87. The average molecular weight is 145 g/mol. The van der Waals surface area contributed by atoms with Crippen molar-refractivity contribution in [2.45, 2.75) is 13.3 Å². The Kier molecular flexibility index (Phi) is 2.10. The van der Waals surface area contributed by atoms with Crippen molar-refractivity contribution in [3.8, 4) is 0 Å². The molecule has 0 unspecified atom stereocenters. The summed E-state index contributed by atoms with van der Waals surface area (Å²) in [5.74, 6) is 0. The molecule has 1 rings (SSSR count). The highest BCUT2D eigenvalue weighted by molar-refractivity contribution is 8.26. The van der Waals surface area contributed by atoms with Gasteiger partial charge in [-0.2, -0.15) is 0 Å². The molecule has 0 bridgehead atoms. The van der Waals surface area contributed by atoms with Gasteiger partial charge in [0.15, 0.2) is 5.12 Å². The number of carbonyl (C=O) groups excluding carboxylic acids is 1. The van der Waals surface area contributed by atoms with Crippen LogP contribution >= 0.6 is 11.8 Å². The highest BCUT2D eigenvalue weighted by atomic mass is 32.2. The summed E-state index contributed by atoms with van der Waals surface area (Å²) >= 11 is 1.15. The van der Waals surface area contributed by atoms with Gasteiger partial charge < -0.3 is 4.84 Å². The van der Waals surface area contributed by atoms with Crippen molar-refractivity contribution < 1.29 is 9.63 Å². The Labute approximate surface area is 57.4 Å². The third-order valence-corrected chi connectivity index (χ3v) is 1.64. The molecule has 1 heterocycles. The van der Waals surface area contributed by atoms with Crippen molar-refractivity contribution in [1.82, 2.24) is 0 Å². The molecule has 0 radical (unpaired) electrons. The normalized spacial score (nSPS) is 16.8. The van der Waals surface area contributed by atoms with Crippen LogP contribution in [-0.4, -0.2) is 16.8 Å². The van der Waals surface area contributed by atoms with Crippen LogP contribution in [0.5, 0.6) is 0 Å². The molecule has 1 aliphatic heterocycles. The number of thioether (sulfide) groups is 1. The van der Waals surface area contributed by atoms with Crippen LogP contribution in [0, 0.1) is 0 Å². The van der Waals surface area contributed by atoms with Gasteiger partial charge >= 0.3 is 0 Å². The fourth-order valence-electron chi connectivity index (χ4n) is 0.532. The van der Waals surface area contributed by atoms with Gasteiger partial charge in [-0.25, -0.2) is 0 Å². The maximum Gasteiger partial charge on any atom is 0.191 e. The monoisotopic (exact) mass is 145 g/mol. The molecule has 0 N–H and O–H groups in total. The van der Waals surface area contributed by atoms with Crippen LogP contribution in [-0.2, 0) is 9.63 Å². The van der Waals surface area contributed by atoms with E-state index in [1.54, 1.807) is 0 Å². The molecule has 4 heteroatoms. The fraction of sp³-hybridized carbons (Fsp3) is 0.600. The summed E-state index contributed by atoms with van der Waals surface area (Å²) in [6.07, 6.45) is 0.782. The predicted molar refractivity (Wildman–Crippen MR) is 36.3 cm³/mol. The summed E-state index contributed by atoms with van der Waals surface area (Å²) in [6, 6.07) is 0. The topological polar surface area (TPSA) is 38.7 Å². The molecule has 0 saturated heterocycles. The molecule has 0 saturated carbocycles. The van der Waals surface area contributed by atoms with Crippen LogP contribution in [0.2, 0.25) is 0 Å².